The highest BCUT2D eigenvalue weighted by molar-refractivity contribution is 9.10. The van der Waals surface area contributed by atoms with Gasteiger partial charge in [-0.15, -0.1) is 0 Å². The molecular weight excluding hydrogens is 381 g/mol. The van der Waals surface area contributed by atoms with Crippen LogP contribution < -0.4 is 5.32 Å². The Kier molecular flexibility index (Phi) is 4.81. The van der Waals surface area contributed by atoms with Crippen molar-refractivity contribution in [1.82, 2.24) is 4.90 Å². The molecule has 1 aliphatic heterocycles. The molecule has 9 heteroatoms. The molecule has 2 N–H and O–H groups in total. The van der Waals surface area contributed by atoms with E-state index < -0.39 is 17.6 Å². The van der Waals surface area contributed by atoms with Gasteiger partial charge in [0.05, 0.1) is 23.9 Å². The number of hydrogen-bond acceptors (Lipinski definition) is 5. The monoisotopic (exact) mass is 387 g/mol. The molecule has 22 heavy (non-hydrogen) atoms. The summed E-state index contributed by atoms with van der Waals surface area (Å²) in [6.07, 6.45) is 1.01. The molecule has 1 aliphatic rings. The van der Waals surface area contributed by atoms with Crippen molar-refractivity contribution in [3.63, 3.8) is 0 Å². The zero-order valence-corrected chi connectivity index (χ0v) is 13.2. The van der Waals surface area contributed by atoms with Gasteiger partial charge in [-0.25, -0.2) is 4.39 Å². The highest BCUT2D eigenvalue weighted by Gasteiger charge is 2.31. The smallest absolute Gasteiger partial charge is 0.277 e. The van der Waals surface area contributed by atoms with Crippen LogP contribution in [0.3, 0.4) is 0 Å². The second-order valence-corrected chi connectivity index (χ2v) is 5.48. The van der Waals surface area contributed by atoms with Gasteiger partial charge >= 0.3 is 0 Å². The maximum atomic E-state index is 13.9. The number of benzene rings is 1. The fourth-order valence-corrected chi connectivity index (χ4v) is 2.73. The number of imide groups is 1. The van der Waals surface area contributed by atoms with Crippen LogP contribution in [0.1, 0.15) is 5.56 Å². The SMILES string of the molecule is N#Cc1c(F)c(Cl)cc(Br)c1NC1=CC(=O)N(CCO)C1=O. The second kappa shape index (κ2) is 6.44. The molecule has 0 aliphatic carbocycles. The fraction of sp³-hybridized carbons (Fsp3) is 0.154. The van der Waals surface area contributed by atoms with Crippen molar-refractivity contribution in [2.45, 2.75) is 0 Å². The lowest BCUT2D eigenvalue weighted by molar-refractivity contribution is -0.137. The summed E-state index contributed by atoms with van der Waals surface area (Å²) in [6, 6.07) is 2.88. The molecule has 0 radical (unpaired) electrons. The van der Waals surface area contributed by atoms with Gasteiger partial charge in [0.25, 0.3) is 11.8 Å². The molecule has 1 heterocycles. The predicted molar refractivity (Wildman–Crippen MR) is 79.3 cm³/mol. The molecule has 2 rings (SSSR count). The Morgan fingerprint density at radius 3 is 2.77 bits per heavy atom. The summed E-state index contributed by atoms with van der Waals surface area (Å²) >= 11 is 8.77. The number of β-amino-alcohol motifs (C(OH)–C–C–N with tert-alkyl or cyclic N) is 1. The molecule has 0 bridgehead atoms. The molecule has 1 aromatic carbocycles. The molecule has 0 atom stereocenters. The van der Waals surface area contributed by atoms with Crippen molar-refractivity contribution in [2.75, 3.05) is 18.5 Å². The summed E-state index contributed by atoms with van der Waals surface area (Å²) in [6.45, 7) is -0.526. The van der Waals surface area contributed by atoms with Crippen LogP contribution in [-0.2, 0) is 9.59 Å². The van der Waals surface area contributed by atoms with Crippen molar-refractivity contribution in [1.29, 1.82) is 5.26 Å². The minimum Gasteiger partial charge on any atom is -0.395 e. The standard InChI is InChI=1S/C13H8BrClFN3O3/c14-7-3-8(15)11(16)6(5-17)12(7)18-9-4-10(21)19(1-2-20)13(9)22/h3-4,18,20H,1-2H2. The number of nitrogens with zero attached hydrogens (tertiary/aromatic N) is 2. The van der Waals surface area contributed by atoms with Crippen LogP contribution in [0.15, 0.2) is 22.3 Å². The van der Waals surface area contributed by atoms with Gasteiger partial charge in [-0.3, -0.25) is 14.5 Å². The Hall–Kier alpha value is -1.95. The predicted octanol–water partition coefficient (Wildman–Crippen LogP) is 1.77. The lowest BCUT2D eigenvalue weighted by Gasteiger charge is -2.15. The van der Waals surface area contributed by atoms with Gasteiger partial charge in [-0.2, -0.15) is 5.26 Å². The molecule has 0 spiro atoms. The molecule has 114 valence electrons. The zero-order chi connectivity index (χ0) is 16.4. The van der Waals surface area contributed by atoms with Gasteiger partial charge in [0.2, 0.25) is 0 Å². The molecule has 1 aromatic rings. The lowest BCUT2D eigenvalue weighted by atomic mass is 10.1. The van der Waals surface area contributed by atoms with E-state index in [0.717, 1.165) is 11.0 Å². The Balaban J connectivity index is 2.39. The zero-order valence-electron chi connectivity index (χ0n) is 10.9. The van der Waals surface area contributed by atoms with Gasteiger partial charge < -0.3 is 10.4 Å². The first-order valence-corrected chi connectivity index (χ1v) is 7.10. The van der Waals surface area contributed by atoms with Crippen molar-refractivity contribution in [3.05, 3.63) is 38.7 Å². The number of amides is 2. The number of carbonyl (C=O) groups is 2. The Morgan fingerprint density at radius 2 is 2.18 bits per heavy atom. The second-order valence-electron chi connectivity index (χ2n) is 4.22. The van der Waals surface area contributed by atoms with Gasteiger partial charge in [-0.1, -0.05) is 11.6 Å². The Morgan fingerprint density at radius 1 is 1.50 bits per heavy atom. The van der Waals surface area contributed by atoms with Crippen molar-refractivity contribution in [2.24, 2.45) is 0 Å². The summed E-state index contributed by atoms with van der Waals surface area (Å²) in [5, 5.41) is 20.2. The van der Waals surface area contributed by atoms with Crippen LogP contribution in [0.4, 0.5) is 10.1 Å². The molecule has 2 amide bonds. The number of rotatable bonds is 4. The van der Waals surface area contributed by atoms with E-state index in [1.807, 2.05) is 0 Å². The normalized spacial score (nSPS) is 14.1. The molecule has 0 aromatic heterocycles. The van der Waals surface area contributed by atoms with Crippen molar-refractivity contribution >= 4 is 45.0 Å². The van der Waals surface area contributed by atoms with Gasteiger partial charge in [0.1, 0.15) is 17.3 Å². The minimum absolute atomic E-state index is 0.0114. The number of hydrogen-bond donors (Lipinski definition) is 2. The first-order chi connectivity index (χ1) is 10.4. The highest BCUT2D eigenvalue weighted by atomic mass is 79.9. The van der Waals surface area contributed by atoms with Crippen molar-refractivity contribution < 1.29 is 19.1 Å². The van der Waals surface area contributed by atoms with E-state index in [-0.39, 0.29) is 39.6 Å². The first kappa shape index (κ1) is 16.4. The van der Waals surface area contributed by atoms with E-state index in [2.05, 4.69) is 21.2 Å². The number of carbonyl (C=O) groups excluding carboxylic acids is 2. The maximum absolute atomic E-state index is 13.9. The van der Waals surface area contributed by atoms with Gasteiger partial charge in [-0.05, 0) is 22.0 Å². The third-order valence-electron chi connectivity index (χ3n) is 2.88. The van der Waals surface area contributed by atoms with Gasteiger partial charge in [0.15, 0.2) is 5.82 Å². The van der Waals surface area contributed by atoms with Crippen LogP contribution in [-0.4, -0.2) is 35.0 Å². The molecule has 0 saturated carbocycles. The van der Waals surface area contributed by atoms with E-state index in [1.165, 1.54) is 6.07 Å². The Bertz CT molecular complexity index is 745. The summed E-state index contributed by atoms with van der Waals surface area (Å²) in [5.41, 5.74) is -0.527. The Labute approximate surface area is 137 Å². The van der Waals surface area contributed by atoms with E-state index >= 15 is 0 Å². The first-order valence-electron chi connectivity index (χ1n) is 5.93. The maximum Gasteiger partial charge on any atom is 0.277 e. The third kappa shape index (κ3) is 2.83. The summed E-state index contributed by atoms with van der Waals surface area (Å²) in [5.74, 6) is -2.21. The third-order valence-corrected chi connectivity index (χ3v) is 3.78. The van der Waals surface area contributed by atoms with E-state index in [9.17, 15) is 14.0 Å². The number of aliphatic hydroxyl groups excluding tert-OH is 1. The molecule has 0 fully saturated rings. The lowest BCUT2D eigenvalue weighted by Crippen LogP contribution is -2.34. The van der Waals surface area contributed by atoms with E-state index in [4.69, 9.17) is 22.0 Å². The van der Waals surface area contributed by atoms with Crippen LogP contribution in [0.2, 0.25) is 5.02 Å². The summed E-state index contributed by atoms with van der Waals surface area (Å²) < 4.78 is 14.1. The summed E-state index contributed by atoms with van der Waals surface area (Å²) in [4.78, 5) is 24.5. The average Bonchev–Trinajstić information content (AvgIpc) is 2.73. The molecular formula is C13H8BrClFN3O3. The minimum atomic E-state index is -0.931. The molecule has 0 saturated heterocycles. The largest absolute Gasteiger partial charge is 0.395 e. The van der Waals surface area contributed by atoms with Crippen LogP contribution in [0.25, 0.3) is 0 Å². The number of anilines is 1. The summed E-state index contributed by atoms with van der Waals surface area (Å²) in [7, 11) is 0. The number of nitrogens with one attached hydrogen (secondary N) is 1. The van der Waals surface area contributed by atoms with Crippen molar-refractivity contribution in [3.8, 4) is 6.07 Å². The number of nitriles is 1. The van der Waals surface area contributed by atoms with E-state index in [0.29, 0.717) is 0 Å². The van der Waals surface area contributed by atoms with E-state index in [1.54, 1.807) is 6.07 Å². The highest BCUT2D eigenvalue weighted by Crippen LogP contribution is 2.34. The molecule has 0 unspecified atom stereocenters. The quantitative estimate of drug-likeness (QED) is 0.606. The fourth-order valence-electron chi connectivity index (χ4n) is 1.87. The van der Waals surface area contributed by atoms with Crippen LogP contribution in [0, 0.1) is 17.1 Å². The van der Waals surface area contributed by atoms with Crippen LogP contribution in [0.5, 0.6) is 0 Å². The topological polar surface area (TPSA) is 93.4 Å². The number of aliphatic hydroxyl groups is 1. The van der Waals surface area contributed by atoms with Gasteiger partial charge in [0, 0.05) is 10.5 Å². The average molecular weight is 389 g/mol. The molecule has 6 nitrogen and oxygen atoms in total. The van der Waals surface area contributed by atoms with Crippen LogP contribution >= 0.6 is 27.5 Å². The number of halogens is 3.